The first-order valence-corrected chi connectivity index (χ1v) is 5.93. The van der Waals surface area contributed by atoms with Crippen LogP contribution in [0.3, 0.4) is 0 Å². The van der Waals surface area contributed by atoms with Gasteiger partial charge in [0.25, 0.3) is 5.56 Å². The first kappa shape index (κ1) is 12.4. The Kier molecular flexibility index (Phi) is 3.79. The van der Waals surface area contributed by atoms with Crippen LogP contribution >= 0.6 is 15.9 Å². The highest BCUT2D eigenvalue weighted by atomic mass is 79.9. The third kappa shape index (κ3) is 2.60. The van der Waals surface area contributed by atoms with E-state index in [0.717, 1.165) is 5.69 Å². The summed E-state index contributed by atoms with van der Waals surface area (Å²) >= 11 is 3.24. The van der Waals surface area contributed by atoms with Crippen molar-refractivity contribution in [1.29, 1.82) is 0 Å². The molecule has 2 aromatic rings. The third-order valence-corrected chi connectivity index (χ3v) is 3.02. The van der Waals surface area contributed by atoms with Gasteiger partial charge in [-0.15, -0.1) is 6.42 Å². The number of H-pyrrole nitrogens is 1. The summed E-state index contributed by atoms with van der Waals surface area (Å²) in [6.45, 7) is 0.678. The summed E-state index contributed by atoms with van der Waals surface area (Å²) in [5, 5.41) is 13.7. The molecule has 0 radical (unpaired) electrons. The summed E-state index contributed by atoms with van der Waals surface area (Å²) in [5.41, 5.74) is 1.26. The topological polar surface area (TPSA) is 75.6 Å². The average molecular weight is 308 g/mol. The van der Waals surface area contributed by atoms with Crippen molar-refractivity contribution in [3.63, 3.8) is 0 Å². The molecule has 0 spiro atoms. The zero-order valence-electron chi connectivity index (χ0n) is 9.35. The van der Waals surface area contributed by atoms with Gasteiger partial charge in [0, 0.05) is 6.20 Å². The van der Waals surface area contributed by atoms with Crippen molar-refractivity contribution < 1.29 is 0 Å². The van der Waals surface area contributed by atoms with Crippen LogP contribution in [0.1, 0.15) is 5.69 Å². The van der Waals surface area contributed by atoms with Gasteiger partial charge < -0.3 is 5.32 Å². The van der Waals surface area contributed by atoms with Gasteiger partial charge in [-0.25, -0.2) is 4.68 Å². The quantitative estimate of drug-likeness (QED) is 0.826. The molecule has 0 atom stereocenters. The van der Waals surface area contributed by atoms with E-state index in [4.69, 9.17) is 6.42 Å². The van der Waals surface area contributed by atoms with Crippen molar-refractivity contribution in [2.45, 2.75) is 13.1 Å². The molecular formula is C11H10BrN5O. The predicted molar refractivity (Wildman–Crippen MR) is 70.9 cm³/mol. The van der Waals surface area contributed by atoms with E-state index in [1.54, 1.807) is 12.4 Å². The fourth-order valence-corrected chi connectivity index (χ4v) is 1.81. The van der Waals surface area contributed by atoms with Gasteiger partial charge in [0.15, 0.2) is 0 Å². The van der Waals surface area contributed by atoms with Gasteiger partial charge >= 0.3 is 0 Å². The lowest BCUT2D eigenvalue weighted by atomic mass is 10.4. The van der Waals surface area contributed by atoms with Crippen LogP contribution in [0.2, 0.25) is 0 Å². The molecule has 0 fully saturated rings. The molecule has 2 aromatic heterocycles. The van der Waals surface area contributed by atoms with Crippen molar-refractivity contribution in [1.82, 2.24) is 20.0 Å². The van der Waals surface area contributed by atoms with E-state index in [9.17, 15) is 4.79 Å². The molecular weight excluding hydrogens is 298 g/mol. The second-order valence-corrected chi connectivity index (χ2v) is 4.27. The normalized spacial score (nSPS) is 10.0. The van der Waals surface area contributed by atoms with Gasteiger partial charge in [0.05, 0.1) is 24.1 Å². The maximum Gasteiger partial charge on any atom is 0.284 e. The van der Waals surface area contributed by atoms with Crippen LogP contribution < -0.4 is 10.9 Å². The fraction of sp³-hybridized carbons (Fsp3) is 0.182. The van der Waals surface area contributed by atoms with Gasteiger partial charge in [-0.2, -0.15) is 10.2 Å². The van der Waals surface area contributed by atoms with Gasteiger partial charge in [0.2, 0.25) is 0 Å². The largest absolute Gasteiger partial charge is 0.377 e. The predicted octanol–water partition coefficient (Wildman–Crippen LogP) is 0.974. The van der Waals surface area contributed by atoms with E-state index in [1.807, 2.05) is 6.07 Å². The number of anilines is 1. The lowest BCUT2D eigenvalue weighted by Crippen LogP contribution is -2.24. The maximum absolute atomic E-state index is 11.8. The summed E-state index contributed by atoms with van der Waals surface area (Å²) in [5.74, 6) is 2.37. The summed E-state index contributed by atoms with van der Waals surface area (Å²) < 4.78 is 1.62. The lowest BCUT2D eigenvalue weighted by molar-refractivity contribution is 0.659. The SMILES string of the molecule is C#CCn1ncc(NCc2ccn[nH]2)c(Br)c1=O. The van der Waals surface area contributed by atoms with Gasteiger partial charge in [-0.05, 0) is 22.0 Å². The van der Waals surface area contributed by atoms with E-state index in [2.05, 4.69) is 42.5 Å². The minimum atomic E-state index is -0.262. The first-order chi connectivity index (χ1) is 8.72. The molecule has 0 aliphatic rings. The van der Waals surface area contributed by atoms with Gasteiger partial charge in [-0.3, -0.25) is 9.89 Å². The first-order valence-electron chi connectivity index (χ1n) is 5.13. The Morgan fingerprint density at radius 1 is 1.61 bits per heavy atom. The number of rotatable bonds is 4. The number of nitrogens with one attached hydrogen (secondary N) is 2. The van der Waals surface area contributed by atoms with E-state index in [1.165, 1.54) is 4.68 Å². The summed E-state index contributed by atoms with van der Waals surface area (Å²) in [6.07, 6.45) is 8.37. The number of aromatic amines is 1. The minimum Gasteiger partial charge on any atom is -0.377 e. The van der Waals surface area contributed by atoms with E-state index in [0.29, 0.717) is 16.7 Å². The van der Waals surface area contributed by atoms with Crippen LogP contribution in [0.5, 0.6) is 0 Å². The molecule has 2 N–H and O–H groups in total. The molecule has 0 aliphatic heterocycles. The Hall–Kier alpha value is -2.07. The number of aromatic nitrogens is 4. The molecule has 7 heteroatoms. The van der Waals surface area contributed by atoms with Crippen molar-refractivity contribution in [2.24, 2.45) is 0 Å². The molecule has 0 aliphatic carbocycles. The zero-order valence-corrected chi connectivity index (χ0v) is 10.9. The second-order valence-electron chi connectivity index (χ2n) is 3.47. The number of hydrogen-bond donors (Lipinski definition) is 2. The van der Waals surface area contributed by atoms with Gasteiger partial charge in [0.1, 0.15) is 11.0 Å². The smallest absolute Gasteiger partial charge is 0.284 e. The molecule has 18 heavy (non-hydrogen) atoms. The maximum atomic E-state index is 11.8. The molecule has 2 rings (SSSR count). The Balaban J connectivity index is 2.17. The minimum absolute atomic E-state index is 0.151. The monoisotopic (exact) mass is 307 g/mol. The van der Waals surface area contributed by atoms with Crippen molar-refractivity contribution in [3.8, 4) is 12.3 Å². The summed E-state index contributed by atoms with van der Waals surface area (Å²) in [6, 6.07) is 1.84. The van der Waals surface area contributed by atoms with E-state index < -0.39 is 0 Å². The van der Waals surface area contributed by atoms with Crippen LogP contribution in [0.25, 0.3) is 0 Å². The lowest BCUT2D eigenvalue weighted by Gasteiger charge is -2.08. The third-order valence-electron chi connectivity index (χ3n) is 2.25. The Bertz CT molecular complexity index is 626. The number of halogens is 1. The highest BCUT2D eigenvalue weighted by Crippen LogP contribution is 2.16. The second kappa shape index (κ2) is 5.51. The Morgan fingerprint density at radius 2 is 2.44 bits per heavy atom. The number of terminal acetylenes is 1. The van der Waals surface area contributed by atoms with E-state index in [-0.39, 0.29) is 12.1 Å². The molecule has 2 heterocycles. The highest BCUT2D eigenvalue weighted by molar-refractivity contribution is 9.10. The summed E-state index contributed by atoms with van der Waals surface area (Å²) in [7, 11) is 0. The highest BCUT2D eigenvalue weighted by Gasteiger charge is 2.08. The fourth-order valence-electron chi connectivity index (χ4n) is 1.36. The molecule has 0 bridgehead atoms. The number of hydrogen-bond acceptors (Lipinski definition) is 4. The molecule has 0 saturated heterocycles. The Morgan fingerprint density at radius 3 is 3.11 bits per heavy atom. The molecule has 92 valence electrons. The Labute approximate surface area is 112 Å². The van der Waals surface area contributed by atoms with Crippen LogP contribution in [0.15, 0.2) is 27.7 Å². The van der Waals surface area contributed by atoms with Crippen LogP contribution in [0.4, 0.5) is 5.69 Å². The molecule has 0 saturated carbocycles. The molecule has 6 nitrogen and oxygen atoms in total. The number of nitrogens with zero attached hydrogens (tertiary/aromatic N) is 3. The van der Waals surface area contributed by atoms with E-state index >= 15 is 0 Å². The molecule has 0 amide bonds. The van der Waals surface area contributed by atoms with Crippen molar-refractivity contribution in [3.05, 3.63) is 39.0 Å². The van der Waals surface area contributed by atoms with Crippen molar-refractivity contribution >= 4 is 21.6 Å². The van der Waals surface area contributed by atoms with Crippen LogP contribution in [0, 0.1) is 12.3 Å². The van der Waals surface area contributed by atoms with Crippen molar-refractivity contribution in [2.75, 3.05) is 5.32 Å². The van der Waals surface area contributed by atoms with Gasteiger partial charge in [-0.1, -0.05) is 5.92 Å². The van der Waals surface area contributed by atoms with Crippen LogP contribution in [-0.4, -0.2) is 20.0 Å². The molecule has 0 aromatic carbocycles. The standard InChI is InChI=1S/C11H10BrN5O/c1-2-5-17-11(18)10(12)9(7-15-17)13-6-8-3-4-14-16-8/h1,3-4,7,13H,5-6H2,(H,14,16). The average Bonchev–Trinajstić information content (AvgIpc) is 2.87. The summed E-state index contributed by atoms with van der Waals surface area (Å²) in [4.78, 5) is 11.8. The molecule has 0 unspecified atom stereocenters. The zero-order chi connectivity index (χ0) is 13.0. The van der Waals surface area contributed by atoms with Crippen LogP contribution in [-0.2, 0) is 13.1 Å².